The van der Waals surface area contributed by atoms with Crippen molar-refractivity contribution in [2.75, 3.05) is 19.6 Å². The van der Waals surface area contributed by atoms with E-state index < -0.39 is 0 Å². The van der Waals surface area contributed by atoms with Gasteiger partial charge in [0.05, 0.1) is 4.88 Å². The van der Waals surface area contributed by atoms with E-state index in [4.69, 9.17) is 0 Å². The van der Waals surface area contributed by atoms with Crippen LogP contribution in [0.4, 0.5) is 0 Å². The normalized spacial score (nSPS) is 19.3. The first-order valence-electron chi connectivity index (χ1n) is 8.13. The second kappa shape index (κ2) is 8.44. The van der Waals surface area contributed by atoms with Gasteiger partial charge in [-0.25, -0.2) is 0 Å². The summed E-state index contributed by atoms with van der Waals surface area (Å²) in [6.07, 6.45) is 2.97. The summed E-state index contributed by atoms with van der Waals surface area (Å²) >= 11 is 1.43. The van der Waals surface area contributed by atoms with E-state index in [1.807, 2.05) is 17.5 Å². The van der Waals surface area contributed by atoms with Crippen molar-refractivity contribution in [3.63, 3.8) is 0 Å². The molecule has 22 heavy (non-hydrogen) atoms. The zero-order chi connectivity index (χ0) is 15.9. The summed E-state index contributed by atoms with van der Waals surface area (Å²) in [6, 6.07) is 4.25. The lowest BCUT2D eigenvalue weighted by molar-refractivity contribution is -0.121. The first kappa shape index (κ1) is 17.2. The van der Waals surface area contributed by atoms with Crippen LogP contribution in [0.1, 0.15) is 49.2 Å². The van der Waals surface area contributed by atoms with Crippen LogP contribution in [0.15, 0.2) is 17.5 Å². The first-order valence-corrected chi connectivity index (χ1v) is 9.01. The third-order valence-electron chi connectivity index (χ3n) is 4.24. The average Bonchev–Trinajstić information content (AvgIpc) is 3.05. The van der Waals surface area contributed by atoms with Crippen molar-refractivity contribution in [3.05, 3.63) is 22.4 Å². The van der Waals surface area contributed by atoms with Crippen LogP contribution in [0.3, 0.4) is 0 Å². The highest BCUT2D eigenvalue weighted by atomic mass is 32.1. The molecule has 1 unspecified atom stereocenters. The highest BCUT2D eigenvalue weighted by Crippen LogP contribution is 2.18. The van der Waals surface area contributed by atoms with Gasteiger partial charge in [0.15, 0.2) is 5.78 Å². The molecular weight excluding hydrogens is 296 g/mol. The molecule has 122 valence electrons. The standard InChI is InChI=1S/C17H26N2O2S/c1-13(2)19-9-3-5-14(12-19)11-18-17(21)8-7-15(20)16-6-4-10-22-16/h4,6,10,13-14H,3,5,7-9,11-12H2,1-2H3,(H,18,21). The van der Waals surface area contributed by atoms with Crippen molar-refractivity contribution in [1.82, 2.24) is 10.2 Å². The lowest BCUT2D eigenvalue weighted by Gasteiger charge is -2.35. The predicted octanol–water partition coefficient (Wildman–Crippen LogP) is 2.95. The molecule has 2 rings (SSSR count). The molecule has 0 radical (unpaired) electrons. The molecule has 4 nitrogen and oxygen atoms in total. The summed E-state index contributed by atoms with van der Waals surface area (Å²) in [6.45, 7) is 7.40. The number of rotatable bonds is 7. The number of nitrogens with zero attached hydrogens (tertiary/aromatic N) is 1. The van der Waals surface area contributed by atoms with E-state index in [1.54, 1.807) is 0 Å². The zero-order valence-corrected chi connectivity index (χ0v) is 14.3. The number of Topliss-reactive ketones (excluding diaryl/α,β-unsaturated/α-hetero) is 1. The van der Waals surface area contributed by atoms with Crippen molar-refractivity contribution in [2.24, 2.45) is 5.92 Å². The van der Waals surface area contributed by atoms with Crippen LogP contribution in [-0.4, -0.2) is 42.3 Å². The number of thiophene rings is 1. The number of hydrogen-bond donors (Lipinski definition) is 1. The minimum absolute atomic E-state index is 0.00780. The van der Waals surface area contributed by atoms with E-state index in [1.165, 1.54) is 24.2 Å². The molecule has 1 atom stereocenters. The van der Waals surface area contributed by atoms with Crippen molar-refractivity contribution in [2.45, 2.75) is 45.6 Å². The Morgan fingerprint density at radius 3 is 2.91 bits per heavy atom. The maximum absolute atomic E-state index is 11.9. The average molecular weight is 322 g/mol. The van der Waals surface area contributed by atoms with Gasteiger partial charge < -0.3 is 10.2 Å². The molecule has 1 amide bonds. The molecule has 0 aliphatic carbocycles. The molecule has 5 heteroatoms. The third kappa shape index (κ3) is 5.21. The smallest absolute Gasteiger partial charge is 0.220 e. The molecule has 0 spiro atoms. The molecule has 1 aliphatic rings. The molecule has 1 aliphatic heterocycles. The van der Waals surface area contributed by atoms with Gasteiger partial charge in [-0.1, -0.05) is 6.07 Å². The molecular formula is C17H26N2O2S. The fraction of sp³-hybridized carbons (Fsp3) is 0.647. The van der Waals surface area contributed by atoms with Crippen molar-refractivity contribution in [3.8, 4) is 0 Å². The zero-order valence-electron chi connectivity index (χ0n) is 13.5. The highest BCUT2D eigenvalue weighted by molar-refractivity contribution is 7.12. The Bertz CT molecular complexity index is 485. The number of carbonyl (C=O) groups is 2. The van der Waals surface area contributed by atoms with Crippen LogP contribution in [0.5, 0.6) is 0 Å². The predicted molar refractivity (Wildman–Crippen MR) is 90.3 cm³/mol. The first-order chi connectivity index (χ1) is 10.6. The van der Waals surface area contributed by atoms with Gasteiger partial charge in [-0.3, -0.25) is 9.59 Å². The lowest BCUT2D eigenvalue weighted by Crippen LogP contribution is -2.43. The van der Waals surface area contributed by atoms with Gasteiger partial charge in [0.1, 0.15) is 0 Å². The summed E-state index contributed by atoms with van der Waals surface area (Å²) in [5.74, 6) is 0.591. The van der Waals surface area contributed by atoms with Crippen LogP contribution in [0.25, 0.3) is 0 Å². The number of likely N-dealkylation sites (tertiary alicyclic amines) is 1. The van der Waals surface area contributed by atoms with Crippen LogP contribution in [-0.2, 0) is 4.79 Å². The fourth-order valence-corrected chi connectivity index (χ4v) is 3.56. The molecule has 1 aromatic heterocycles. The second-order valence-electron chi connectivity index (χ2n) is 6.30. The van der Waals surface area contributed by atoms with E-state index in [9.17, 15) is 9.59 Å². The number of piperidine rings is 1. The number of amides is 1. The number of ketones is 1. The Kier molecular flexibility index (Phi) is 6.58. The van der Waals surface area contributed by atoms with Gasteiger partial charge in [-0.2, -0.15) is 0 Å². The summed E-state index contributed by atoms with van der Waals surface area (Å²) in [5.41, 5.74) is 0. The van der Waals surface area contributed by atoms with E-state index in [0.717, 1.165) is 24.5 Å². The van der Waals surface area contributed by atoms with Crippen molar-refractivity contribution >= 4 is 23.0 Å². The monoisotopic (exact) mass is 322 g/mol. The molecule has 1 aromatic rings. The van der Waals surface area contributed by atoms with E-state index in [0.29, 0.717) is 18.4 Å². The highest BCUT2D eigenvalue weighted by Gasteiger charge is 2.22. The molecule has 2 heterocycles. The Morgan fingerprint density at radius 2 is 2.23 bits per heavy atom. The molecule has 1 N–H and O–H groups in total. The largest absolute Gasteiger partial charge is 0.356 e. The van der Waals surface area contributed by atoms with Gasteiger partial charge in [-0.15, -0.1) is 11.3 Å². The molecule has 1 fully saturated rings. The Labute approximate surface area is 136 Å². The Hall–Kier alpha value is -1.20. The topological polar surface area (TPSA) is 49.4 Å². The van der Waals surface area contributed by atoms with Gasteiger partial charge in [0, 0.05) is 32.0 Å². The summed E-state index contributed by atoms with van der Waals surface area (Å²) in [4.78, 5) is 27.0. The fourth-order valence-electron chi connectivity index (χ4n) is 2.87. The molecule has 0 bridgehead atoms. The van der Waals surface area contributed by atoms with Gasteiger partial charge in [0.25, 0.3) is 0 Å². The molecule has 0 aromatic carbocycles. The van der Waals surface area contributed by atoms with Crippen LogP contribution in [0, 0.1) is 5.92 Å². The minimum atomic E-state index is -0.00780. The summed E-state index contributed by atoms with van der Waals surface area (Å²) < 4.78 is 0. The molecule has 0 saturated carbocycles. The van der Waals surface area contributed by atoms with E-state index in [2.05, 4.69) is 24.1 Å². The van der Waals surface area contributed by atoms with E-state index in [-0.39, 0.29) is 18.1 Å². The number of nitrogens with one attached hydrogen (secondary N) is 1. The van der Waals surface area contributed by atoms with Gasteiger partial charge >= 0.3 is 0 Å². The number of hydrogen-bond acceptors (Lipinski definition) is 4. The number of carbonyl (C=O) groups excluding carboxylic acids is 2. The summed E-state index contributed by atoms with van der Waals surface area (Å²) in [5, 5.41) is 4.88. The molecule has 1 saturated heterocycles. The lowest BCUT2D eigenvalue weighted by atomic mass is 9.97. The van der Waals surface area contributed by atoms with Crippen molar-refractivity contribution < 1.29 is 9.59 Å². The maximum atomic E-state index is 11.9. The van der Waals surface area contributed by atoms with Gasteiger partial charge in [-0.05, 0) is 50.6 Å². The van der Waals surface area contributed by atoms with Crippen LogP contribution >= 0.6 is 11.3 Å². The van der Waals surface area contributed by atoms with Crippen LogP contribution < -0.4 is 5.32 Å². The third-order valence-corrected chi connectivity index (χ3v) is 5.15. The van der Waals surface area contributed by atoms with Crippen LogP contribution in [0.2, 0.25) is 0 Å². The van der Waals surface area contributed by atoms with Gasteiger partial charge in [0.2, 0.25) is 5.91 Å². The minimum Gasteiger partial charge on any atom is -0.356 e. The van der Waals surface area contributed by atoms with E-state index >= 15 is 0 Å². The Balaban J connectivity index is 1.66. The maximum Gasteiger partial charge on any atom is 0.220 e. The quantitative estimate of drug-likeness (QED) is 0.785. The Morgan fingerprint density at radius 1 is 1.41 bits per heavy atom. The van der Waals surface area contributed by atoms with Crippen molar-refractivity contribution in [1.29, 1.82) is 0 Å². The summed E-state index contributed by atoms with van der Waals surface area (Å²) in [7, 11) is 0. The SMILES string of the molecule is CC(C)N1CCCC(CNC(=O)CCC(=O)c2cccs2)C1. The second-order valence-corrected chi connectivity index (χ2v) is 7.25.